The molecule has 216 valence electrons. The van der Waals surface area contributed by atoms with E-state index < -0.39 is 0 Å². The van der Waals surface area contributed by atoms with Gasteiger partial charge in [-0.2, -0.15) is 5.10 Å². The molecule has 2 amide bonds. The van der Waals surface area contributed by atoms with Crippen LogP contribution in [0.25, 0.3) is 0 Å². The fourth-order valence-electron chi connectivity index (χ4n) is 4.62. The lowest BCUT2D eigenvalue weighted by Crippen LogP contribution is -2.28. The highest BCUT2D eigenvalue weighted by Crippen LogP contribution is 2.34. The zero-order chi connectivity index (χ0) is 29.5. The van der Waals surface area contributed by atoms with Crippen LogP contribution in [-0.2, 0) is 29.6 Å². The van der Waals surface area contributed by atoms with Crippen molar-refractivity contribution in [3.63, 3.8) is 0 Å². The summed E-state index contributed by atoms with van der Waals surface area (Å²) in [5, 5.41) is 18.3. The molecular weight excluding hydrogens is 552 g/mol. The summed E-state index contributed by atoms with van der Waals surface area (Å²) >= 11 is 1.28. The third-order valence-corrected chi connectivity index (χ3v) is 8.00. The molecule has 42 heavy (non-hydrogen) atoms. The van der Waals surface area contributed by atoms with Crippen LogP contribution in [0.5, 0.6) is 11.5 Å². The minimum absolute atomic E-state index is 0.0993. The molecular formula is C31H32N6O4S. The number of nitrogens with zero attached hydrogens (tertiary/aromatic N) is 5. The molecule has 4 aromatic rings. The number of hydrogen-bond donors (Lipinski definition) is 1. The molecule has 0 bridgehead atoms. The lowest BCUT2D eigenvalue weighted by molar-refractivity contribution is -0.130. The van der Waals surface area contributed by atoms with E-state index in [1.165, 1.54) is 11.8 Å². The van der Waals surface area contributed by atoms with Crippen LogP contribution in [0.2, 0.25) is 0 Å². The second-order valence-electron chi connectivity index (χ2n) is 9.69. The topological polar surface area (TPSA) is 111 Å². The SMILES string of the molecule is COc1ccc(C2=NN(C(=O)CSc3nnc(CNC(=O)Cc4ccccc4)n3C)C(c3ccc(OC)cc3)C2)cc1. The van der Waals surface area contributed by atoms with Gasteiger partial charge in [-0.05, 0) is 53.1 Å². The third-order valence-electron chi connectivity index (χ3n) is 6.99. The molecule has 1 N–H and O–H groups in total. The molecule has 0 spiro atoms. The third kappa shape index (κ3) is 6.80. The van der Waals surface area contributed by atoms with E-state index in [1.54, 1.807) is 23.8 Å². The monoisotopic (exact) mass is 584 g/mol. The normalized spacial score (nSPS) is 14.4. The van der Waals surface area contributed by atoms with Crippen molar-refractivity contribution in [3.8, 4) is 11.5 Å². The molecule has 1 aromatic heterocycles. The quantitative estimate of drug-likeness (QED) is 0.264. The zero-order valence-corrected chi connectivity index (χ0v) is 24.5. The van der Waals surface area contributed by atoms with Gasteiger partial charge < -0.3 is 19.4 Å². The molecule has 3 aromatic carbocycles. The van der Waals surface area contributed by atoms with Gasteiger partial charge >= 0.3 is 0 Å². The van der Waals surface area contributed by atoms with Crippen molar-refractivity contribution in [2.75, 3.05) is 20.0 Å². The van der Waals surface area contributed by atoms with Crippen molar-refractivity contribution in [2.24, 2.45) is 12.1 Å². The van der Waals surface area contributed by atoms with Crippen LogP contribution in [0.3, 0.4) is 0 Å². The standard InChI is InChI=1S/C31H32N6O4S/c1-36-28(19-32-29(38)17-21-7-5-4-6-8-21)33-34-31(36)42-20-30(39)37-27(23-11-15-25(41-3)16-12-23)18-26(35-37)22-9-13-24(40-2)14-10-22/h4-16,27H,17-20H2,1-3H3,(H,32,38). The van der Waals surface area contributed by atoms with Gasteiger partial charge in [-0.15, -0.1) is 10.2 Å². The van der Waals surface area contributed by atoms with E-state index in [0.717, 1.165) is 33.9 Å². The largest absolute Gasteiger partial charge is 0.497 e. The van der Waals surface area contributed by atoms with Gasteiger partial charge in [-0.25, -0.2) is 5.01 Å². The van der Waals surface area contributed by atoms with Crippen LogP contribution >= 0.6 is 11.8 Å². The molecule has 2 heterocycles. The summed E-state index contributed by atoms with van der Waals surface area (Å²) in [5.41, 5.74) is 3.66. The molecule has 0 saturated heterocycles. The highest BCUT2D eigenvalue weighted by atomic mass is 32.2. The average molecular weight is 585 g/mol. The second-order valence-corrected chi connectivity index (χ2v) is 10.6. The zero-order valence-electron chi connectivity index (χ0n) is 23.7. The van der Waals surface area contributed by atoms with Crippen LogP contribution in [0.4, 0.5) is 0 Å². The number of methoxy groups -OCH3 is 2. The van der Waals surface area contributed by atoms with Crippen molar-refractivity contribution in [2.45, 2.75) is 30.6 Å². The van der Waals surface area contributed by atoms with Gasteiger partial charge in [-0.1, -0.05) is 54.2 Å². The Bertz CT molecular complexity index is 1550. The van der Waals surface area contributed by atoms with Gasteiger partial charge in [0, 0.05) is 13.5 Å². The first kappa shape index (κ1) is 28.9. The fourth-order valence-corrected chi connectivity index (χ4v) is 5.40. The summed E-state index contributed by atoms with van der Waals surface area (Å²) in [5.74, 6) is 1.98. The molecule has 1 unspecified atom stereocenters. The summed E-state index contributed by atoms with van der Waals surface area (Å²) in [6.45, 7) is 0.241. The number of aromatic nitrogens is 3. The molecule has 1 aliphatic heterocycles. The van der Waals surface area contributed by atoms with E-state index in [4.69, 9.17) is 14.6 Å². The van der Waals surface area contributed by atoms with Gasteiger partial charge in [0.2, 0.25) is 5.91 Å². The fraction of sp³-hybridized carbons (Fsp3) is 0.258. The highest BCUT2D eigenvalue weighted by molar-refractivity contribution is 7.99. The Morgan fingerprint density at radius 3 is 2.26 bits per heavy atom. The van der Waals surface area contributed by atoms with E-state index in [-0.39, 0.29) is 30.2 Å². The highest BCUT2D eigenvalue weighted by Gasteiger charge is 2.33. The summed E-state index contributed by atoms with van der Waals surface area (Å²) in [7, 11) is 5.07. The maximum absolute atomic E-state index is 13.5. The molecule has 10 nitrogen and oxygen atoms in total. The summed E-state index contributed by atoms with van der Waals surface area (Å²) in [6, 6.07) is 24.7. The molecule has 11 heteroatoms. The van der Waals surface area contributed by atoms with Crippen molar-refractivity contribution < 1.29 is 19.1 Å². The van der Waals surface area contributed by atoms with Crippen molar-refractivity contribution >= 4 is 29.3 Å². The number of thioether (sulfide) groups is 1. The number of nitrogens with one attached hydrogen (secondary N) is 1. The minimum Gasteiger partial charge on any atom is -0.497 e. The van der Waals surface area contributed by atoms with Crippen LogP contribution in [0, 0.1) is 0 Å². The number of carbonyl (C=O) groups excluding carboxylic acids is 2. The van der Waals surface area contributed by atoms with E-state index in [0.29, 0.717) is 23.8 Å². The van der Waals surface area contributed by atoms with E-state index >= 15 is 0 Å². The molecule has 1 aliphatic rings. The Labute approximate surface area is 248 Å². The number of rotatable bonds is 11. The molecule has 5 rings (SSSR count). The summed E-state index contributed by atoms with van der Waals surface area (Å²) < 4.78 is 12.4. The Kier molecular flexibility index (Phi) is 9.18. The Morgan fingerprint density at radius 2 is 1.60 bits per heavy atom. The minimum atomic E-state index is -0.254. The predicted molar refractivity (Wildman–Crippen MR) is 160 cm³/mol. The lowest BCUT2D eigenvalue weighted by atomic mass is 9.98. The number of amides is 2. The van der Waals surface area contributed by atoms with Gasteiger partial charge in [0.25, 0.3) is 5.91 Å². The van der Waals surface area contributed by atoms with Crippen LogP contribution in [-0.4, -0.2) is 57.3 Å². The van der Waals surface area contributed by atoms with E-state index in [9.17, 15) is 9.59 Å². The smallest absolute Gasteiger partial charge is 0.253 e. The Hall–Kier alpha value is -4.64. The number of hydrogen-bond acceptors (Lipinski definition) is 8. The first-order valence-corrected chi connectivity index (χ1v) is 14.4. The van der Waals surface area contributed by atoms with E-state index in [1.807, 2.05) is 85.9 Å². The second kappa shape index (κ2) is 13.3. The van der Waals surface area contributed by atoms with Gasteiger partial charge in [0.05, 0.1) is 44.7 Å². The van der Waals surface area contributed by atoms with Crippen LogP contribution in [0.15, 0.2) is 89.1 Å². The lowest BCUT2D eigenvalue weighted by Gasteiger charge is -2.22. The van der Waals surface area contributed by atoms with Gasteiger partial charge in [-0.3, -0.25) is 9.59 Å². The summed E-state index contributed by atoms with van der Waals surface area (Å²) in [6.07, 6.45) is 0.866. The Balaban J connectivity index is 1.25. The maximum Gasteiger partial charge on any atom is 0.253 e. The van der Waals surface area contributed by atoms with Crippen molar-refractivity contribution in [3.05, 3.63) is 101 Å². The van der Waals surface area contributed by atoms with Crippen LogP contribution in [0.1, 0.15) is 35.0 Å². The van der Waals surface area contributed by atoms with E-state index in [2.05, 4.69) is 15.5 Å². The number of hydrazone groups is 1. The van der Waals surface area contributed by atoms with Crippen molar-refractivity contribution in [1.29, 1.82) is 0 Å². The number of carbonyl (C=O) groups is 2. The first-order chi connectivity index (χ1) is 20.4. The maximum atomic E-state index is 13.5. The molecule has 0 aliphatic carbocycles. The van der Waals surface area contributed by atoms with Gasteiger partial charge in [0.15, 0.2) is 11.0 Å². The van der Waals surface area contributed by atoms with Crippen LogP contribution < -0.4 is 14.8 Å². The van der Waals surface area contributed by atoms with Crippen molar-refractivity contribution in [1.82, 2.24) is 25.1 Å². The Morgan fingerprint density at radius 1 is 0.929 bits per heavy atom. The summed E-state index contributed by atoms with van der Waals surface area (Å²) in [4.78, 5) is 25.9. The molecule has 0 saturated carbocycles. The molecule has 1 atom stereocenters. The predicted octanol–water partition coefficient (Wildman–Crippen LogP) is 4.16. The molecule has 0 radical (unpaired) electrons. The first-order valence-electron chi connectivity index (χ1n) is 13.4. The average Bonchev–Trinajstić information content (AvgIpc) is 3.63. The number of benzene rings is 3. The molecule has 0 fully saturated rings. The number of ether oxygens (including phenoxy) is 2. The van der Waals surface area contributed by atoms with Gasteiger partial charge in [0.1, 0.15) is 11.5 Å².